The van der Waals surface area contributed by atoms with Crippen LogP contribution in [-0.4, -0.2) is 26.3 Å². The highest BCUT2D eigenvalue weighted by Crippen LogP contribution is 2.26. The minimum absolute atomic E-state index is 0.288. The number of ether oxygens (including phenoxy) is 2. The van der Waals surface area contributed by atoms with Gasteiger partial charge in [-0.2, -0.15) is 0 Å². The van der Waals surface area contributed by atoms with Crippen molar-refractivity contribution >= 4 is 5.69 Å². The topological polar surface area (TPSA) is 21.7 Å². The van der Waals surface area contributed by atoms with E-state index >= 15 is 0 Å². The van der Waals surface area contributed by atoms with Gasteiger partial charge in [0, 0.05) is 12.7 Å². The minimum atomic E-state index is -0.288. The molecule has 3 heteroatoms. The van der Waals surface area contributed by atoms with Crippen molar-refractivity contribution in [3.05, 3.63) is 72.8 Å². The molecule has 0 bridgehead atoms. The third kappa shape index (κ3) is 4.36. The zero-order valence-electron chi connectivity index (χ0n) is 14.2. The molecule has 2 aromatic rings. The summed E-state index contributed by atoms with van der Waals surface area (Å²) in [5.41, 5.74) is 1.98. The smallest absolute Gasteiger partial charge is 0.119 e. The molecule has 0 saturated carbocycles. The second-order valence-electron chi connectivity index (χ2n) is 5.80. The molecule has 0 aliphatic rings. The van der Waals surface area contributed by atoms with Gasteiger partial charge >= 0.3 is 0 Å². The van der Waals surface area contributed by atoms with Crippen LogP contribution in [-0.2, 0) is 11.3 Å². The first-order valence-electron chi connectivity index (χ1n) is 7.72. The highest BCUT2D eigenvalue weighted by molar-refractivity contribution is 5.51. The number of hydrogen-bond donors (Lipinski definition) is 0. The van der Waals surface area contributed by atoms with Crippen molar-refractivity contribution in [2.45, 2.75) is 19.1 Å². The second kappa shape index (κ2) is 7.84. The average Bonchev–Trinajstić information content (AvgIpc) is 2.62. The Morgan fingerprint density at radius 3 is 2.30 bits per heavy atom. The van der Waals surface area contributed by atoms with Crippen molar-refractivity contribution in [2.75, 3.05) is 25.7 Å². The van der Waals surface area contributed by atoms with Gasteiger partial charge in [-0.3, -0.25) is 0 Å². The van der Waals surface area contributed by atoms with Gasteiger partial charge in [-0.25, -0.2) is 0 Å². The molecule has 0 fully saturated rings. The van der Waals surface area contributed by atoms with E-state index in [4.69, 9.17) is 9.47 Å². The Hall–Kier alpha value is -2.26. The van der Waals surface area contributed by atoms with Crippen LogP contribution in [0.5, 0.6) is 5.75 Å². The summed E-state index contributed by atoms with van der Waals surface area (Å²) in [6.45, 7) is 7.27. The Morgan fingerprint density at radius 1 is 1.09 bits per heavy atom. The molecule has 2 aromatic carbocycles. The predicted octanol–water partition coefficient (Wildman–Crippen LogP) is 4.29. The van der Waals surface area contributed by atoms with Gasteiger partial charge in [0.25, 0.3) is 0 Å². The fourth-order valence-electron chi connectivity index (χ4n) is 2.34. The van der Waals surface area contributed by atoms with Crippen LogP contribution in [0, 0.1) is 0 Å². The lowest BCUT2D eigenvalue weighted by Gasteiger charge is -2.38. The SMILES string of the molecule is C=C[C@@](C)(COCc1ccccc1)N(C)c1ccc(OC)cc1. The standard InChI is InChI=1S/C20H25NO2/c1-5-20(2,16-23-15-17-9-7-6-8-10-17)21(3)18-11-13-19(22-4)14-12-18/h5-14H,1,15-16H2,2-4H3/t20-/m0/s1. The fourth-order valence-corrected chi connectivity index (χ4v) is 2.34. The molecule has 23 heavy (non-hydrogen) atoms. The van der Waals surface area contributed by atoms with E-state index in [1.54, 1.807) is 7.11 Å². The zero-order valence-corrected chi connectivity index (χ0v) is 14.2. The molecule has 0 aromatic heterocycles. The highest BCUT2D eigenvalue weighted by atomic mass is 16.5. The molecule has 0 aliphatic carbocycles. The largest absolute Gasteiger partial charge is 0.497 e. The fraction of sp³-hybridized carbons (Fsp3) is 0.300. The van der Waals surface area contributed by atoms with Crippen molar-refractivity contribution in [2.24, 2.45) is 0 Å². The van der Waals surface area contributed by atoms with E-state index in [9.17, 15) is 0 Å². The maximum atomic E-state index is 5.93. The van der Waals surface area contributed by atoms with Gasteiger partial charge in [0.15, 0.2) is 0 Å². The van der Waals surface area contributed by atoms with Gasteiger partial charge < -0.3 is 14.4 Å². The summed E-state index contributed by atoms with van der Waals surface area (Å²) in [6.07, 6.45) is 1.93. The van der Waals surface area contributed by atoms with Crippen molar-refractivity contribution in [3.63, 3.8) is 0 Å². The van der Waals surface area contributed by atoms with Gasteiger partial charge in [-0.15, -0.1) is 6.58 Å². The van der Waals surface area contributed by atoms with Crippen LogP contribution in [0.4, 0.5) is 5.69 Å². The molecular weight excluding hydrogens is 286 g/mol. The van der Waals surface area contributed by atoms with Crippen LogP contribution in [0.3, 0.4) is 0 Å². The summed E-state index contributed by atoms with van der Waals surface area (Å²) in [4.78, 5) is 2.17. The number of anilines is 1. The molecule has 0 spiro atoms. The summed E-state index contributed by atoms with van der Waals surface area (Å²) >= 11 is 0. The number of benzene rings is 2. The molecule has 0 heterocycles. The lowest BCUT2D eigenvalue weighted by molar-refractivity contribution is 0.0918. The average molecular weight is 311 g/mol. The Balaban J connectivity index is 2.01. The molecule has 0 unspecified atom stereocenters. The lowest BCUT2D eigenvalue weighted by Crippen LogP contribution is -2.46. The van der Waals surface area contributed by atoms with E-state index < -0.39 is 0 Å². The normalized spacial score (nSPS) is 13.2. The van der Waals surface area contributed by atoms with Gasteiger partial charge in [0.1, 0.15) is 5.75 Å². The van der Waals surface area contributed by atoms with E-state index in [1.807, 2.05) is 48.5 Å². The first kappa shape index (κ1) is 17.1. The van der Waals surface area contributed by atoms with Crippen molar-refractivity contribution < 1.29 is 9.47 Å². The number of rotatable bonds is 8. The maximum Gasteiger partial charge on any atom is 0.119 e. The highest BCUT2D eigenvalue weighted by Gasteiger charge is 2.26. The van der Waals surface area contributed by atoms with E-state index in [0.29, 0.717) is 13.2 Å². The van der Waals surface area contributed by atoms with Crippen molar-refractivity contribution in [1.82, 2.24) is 0 Å². The van der Waals surface area contributed by atoms with Crippen LogP contribution in [0.2, 0.25) is 0 Å². The van der Waals surface area contributed by atoms with Crippen LogP contribution in [0.15, 0.2) is 67.3 Å². The summed E-state index contributed by atoms with van der Waals surface area (Å²) in [7, 11) is 3.72. The van der Waals surface area contributed by atoms with Crippen molar-refractivity contribution in [3.8, 4) is 5.75 Å². The monoisotopic (exact) mass is 311 g/mol. The number of nitrogens with zero attached hydrogens (tertiary/aromatic N) is 1. The van der Waals surface area contributed by atoms with Gasteiger partial charge in [0.05, 0.1) is 25.9 Å². The maximum absolute atomic E-state index is 5.93. The van der Waals surface area contributed by atoms with Crippen LogP contribution in [0.1, 0.15) is 12.5 Å². The number of methoxy groups -OCH3 is 1. The third-order valence-electron chi connectivity index (χ3n) is 4.17. The Labute approximate surface area is 139 Å². The van der Waals surface area contributed by atoms with Crippen LogP contribution >= 0.6 is 0 Å². The summed E-state index contributed by atoms with van der Waals surface area (Å²) in [5, 5.41) is 0. The molecule has 0 amide bonds. The van der Waals surface area contributed by atoms with E-state index in [2.05, 4.69) is 37.6 Å². The molecule has 0 saturated heterocycles. The molecule has 0 radical (unpaired) electrons. The number of likely N-dealkylation sites (N-methyl/N-ethyl adjacent to an activating group) is 1. The Kier molecular flexibility index (Phi) is 5.83. The van der Waals surface area contributed by atoms with Crippen molar-refractivity contribution in [1.29, 1.82) is 0 Å². The first-order valence-corrected chi connectivity index (χ1v) is 7.72. The van der Waals surface area contributed by atoms with Gasteiger partial charge in [0.2, 0.25) is 0 Å². The molecule has 0 N–H and O–H groups in total. The molecule has 122 valence electrons. The zero-order chi connectivity index (χ0) is 16.7. The van der Waals surface area contributed by atoms with E-state index in [0.717, 1.165) is 11.4 Å². The van der Waals surface area contributed by atoms with Crippen LogP contribution < -0.4 is 9.64 Å². The van der Waals surface area contributed by atoms with Gasteiger partial charge in [-0.1, -0.05) is 36.4 Å². The summed E-state index contributed by atoms with van der Waals surface area (Å²) < 4.78 is 11.1. The predicted molar refractivity (Wildman–Crippen MR) is 96.1 cm³/mol. The molecule has 1 atom stereocenters. The second-order valence-corrected chi connectivity index (χ2v) is 5.80. The molecular formula is C20H25NO2. The first-order chi connectivity index (χ1) is 11.1. The quantitative estimate of drug-likeness (QED) is 0.679. The third-order valence-corrected chi connectivity index (χ3v) is 4.17. The van der Waals surface area contributed by atoms with E-state index in [1.165, 1.54) is 5.56 Å². The van der Waals surface area contributed by atoms with Crippen LogP contribution in [0.25, 0.3) is 0 Å². The lowest BCUT2D eigenvalue weighted by atomic mass is 10.0. The molecule has 3 nitrogen and oxygen atoms in total. The van der Waals surface area contributed by atoms with E-state index in [-0.39, 0.29) is 5.54 Å². The van der Waals surface area contributed by atoms with Gasteiger partial charge in [-0.05, 0) is 36.8 Å². The minimum Gasteiger partial charge on any atom is -0.497 e. The molecule has 2 rings (SSSR count). The summed E-state index contributed by atoms with van der Waals surface area (Å²) in [6, 6.07) is 18.2. The Bertz CT molecular complexity index is 609. The number of hydrogen-bond acceptors (Lipinski definition) is 3. The summed E-state index contributed by atoms with van der Waals surface area (Å²) in [5.74, 6) is 0.850. The molecule has 0 aliphatic heterocycles. The Morgan fingerprint density at radius 2 is 1.74 bits per heavy atom.